The first kappa shape index (κ1) is 28.2. The van der Waals surface area contributed by atoms with Crippen LogP contribution in [0, 0.1) is 27.7 Å². The van der Waals surface area contributed by atoms with E-state index in [9.17, 15) is 0 Å². The summed E-state index contributed by atoms with van der Waals surface area (Å²) in [5, 5.41) is 3.65. The first-order valence-electron chi connectivity index (χ1n) is 16.0. The fourth-order valence-corrected chi connectivity index (χ4v) is 29.3. The number of hydrogen-bond acceptors (Lipinski definition) is 0. The van der Waals surface area contributed by atoms with Gasteiger partial charge in [-0.15, -0.1) is 0 Å². The number of rotatable bonds is 2. The zero-order valence-corrected chi connectivity index (χ0v) is 31.3. The molecule has 4 aromatic carbocycles. The molecule has 7 rings (SSSR count). The van der Waals surface area contributed by atoms with Crippen molar-refractivity contribution in [2.75, 3.05) is 0 Å². The van der Waals surface area contributed by atoms with Gasteiger partial charge in [-0.2, -0.15) is 0 Å². The molecule has 0 spiro atoms. The molecular weight excluding hydrogens is 687 g/mol. The van der Waals surface area contributed by atoms with E-state index in [2.05, 4.69) is 122 Å². The van der Waals surface area contributed by atoms with E-state index >= 15 is 0 Å². The molecule has 1 fully saturated rings. The molecule has 4 aromatic rings. The number of hydrogen-bond donors (Lipinski definition) is 0. The average Bonchev–Trinajstić information content (AvgIpc) is 3.52. The zero-order chi connectivity index (χ0) is 29.2. The molecule has 0 N–H and O–H groups in total. The van der Waals surface area contributed by atoms with Crippen molar-refractivity contribution in [1.82, 2.24) is 0 Å². The van der Waals surface area contributed by atoms with Crippen molar-refractivity contribution in [2.24, 2.45) is 0 Å². The Morgan fingerprint density at radius 3 is 1.83 bits per heavy atom. The van der Waals surface area contributed by atoms with Crippen LogP contribution in [0.2, 0.25) is 13.5 Å². The van der Waals surface area contributed by atoms with E-state index in [1.165, 1.54) is 73.5 Å². The minimum absolute atomic E-state index is 0.574. The normalized spacial score (nSPS) is 21.2. The van der Waals surface area contributed by atoms with Gasteiger partial charge in [-0.1, -0.05) is 0 Å². The Morgan fingerprint density at radius 2 is 1.19 bits per heavy atom. The Kier molecular flexibility index (Phi) is 7.30. The summed E-state index contributed by atoms with van der Waals surface area (Å²) in [6, 6.07) is 28.3. The number of fused-ring (bicyclic) bond motifs is 6. The van der Waals surface area contributed by atoms with Crippen molar-refractivity contribution in [2.45, 2.75) is 70.1 Å². The van der Waals surface area contributed by atoms with Gasteiger partial charge in [0.05, 0.1) is 0 Å². The van der Waals surface area contributed by atoms with Crippen LogP contribution in [0.1, 0.15) is 73.4 Å². The Morgan fingerprint density at radius 1 is 0.619 bits per heavy atom. The van der Waals surface area contributed by atoms with Gasteiger partial charge in [-0.3, -0.25) is 0 Å². The van der Waals surface area contributed by atoms with E-state index < -0.39 is 29.5 Å². The Balaban J connectivity index is 1.37. The maximum atomic E-state index is 2.77. The molecule has 2 aliphatic carbocycles. The third kappa shape index (κ3) is 4.83. The van der Waals surface area contributed by atoms with E-state index in [0.29, 0.717) is 5.92 Å². The van der Waals surface area contributed by atoms with Crippen LogP contribution in [0.25, 0.3) is 34.4 Å². The van der Waals surface area contributed by atoms with Gasteiger partial charge >= 0.3 is 262 Å². The fraction of sp³-hybridized carbons (Fsp3) is 0.300. The van der Waals surface area contributed by atoms with Crippen molar-refractivity contribution < 1.29 is 20.0 Å². The predicted octanol–water partition coefficient (Wildman–Crippen LogP) is 10.8. The predicted molar refractivity (Wildman–Crippen MR) is 183 cm³/mol. The van der Waals surface area contributed by atoms with Crippen LogP contribution >= 0.6 is 0 Å². The van der Waals surface area contributed by atoms with Crippen molar-refractivity contribution in [1.29, 1.82) is 0 Å². The summed E-state index contributed by atoms with van der Waals surface area (Å²) in [7, 11) is -0.574. The van der Waals surface area contributed by atoms with Crippen LogP contribution in [-0.4, -0.2) is 9.52 Å². The van der Waals surface area contributed by atoms with Gasteiger partial charge in [-0.25, -0.2) is 0 Å². The average molecular weight is 731 g/mol. The third-order valence-corrected chi connectivity index (χ3v) is 28.1. The van der Waals surface area contributed by atoms with Crippen molar-refractivity contribution in [3.05, 3.63) is 128 Å². The van der Waals surface area contributed by atoms with Gasteiger partial charge in [0.15, 0.2) is 0 Å². The molecule has 2 unspecified atom stereocenters. The molecule has 2 heteroatoms. The molecule has 1 aliphatic heterocycles. The van der Waals surface area contributed by atoms with Crippen molar-refractivity contribution in [3.63, 3.8) is 0 Å². The molecule has 0 aromatic heterocycles. The molecule has 212 valence electrons. The zero-order valence-electron chi connectivity index (χ0n) is 26.3. The molecule has 0 radical (unpaired) electrons. The first-order valence-corrected chi connectivity index (χ1v) is 29.2. The van der Waals surface area contributed by atoms with Gasteiger partial charge in [0.1, 0.15) is 0 Å². The van der Waals surface area contributed by atoms with Crippen LogP contribution in [0.15, 0.2) is 83.2 Å². The SMILES string of the molecule is Cc1ccc(C)c(-c2cccc3c2C=C2[SiH2]C4=Cc5c(-c6cc(C)ccc6C)cccc5[CH]4[Hf]([CH3])([CH3])[CH2]CCCC23)c1. The van der Waals surface area contributed by atoms with E-state index in [0.717, 1.165) is 3.67 Å². The van der Waals surface area contributed by atoms with Gasteiger partial charge in [0.25, 0.3) is 0 Å². The molecule has 2 atom stereocenters. The number of allylic oxidation sites excluding steroid dienone is 2. The summed E-state index contributed by atoms with van der Waals surface area (Å²) < 4.78 is 7.80. The molecule has 0 amide bonds. The number of aryl methyl sites for hydroxylation is 4. The van der Waals surface area contributed by atoms with Gasteiger partial charge < -0.3 is 0 Å². The minimum atomic E-state index is -2.58. The Labute approximate surface area is 260 Å². The summed E-state index contributed by atoms with van der Waals surface area (Å²) in [6.45, 7) is 9.01. The van der Waals surface area contributed by atoms with E-state index in [-0.39, 0.29) is 0 Å². The van der Waals surface area contributed by atoms with Crippen LogP contribution < -0.4 is 0 Å². The molecule has 42 heavy (non-hydrogen) atoms. The Bertz CT molecular complexity index is 1790. The summed E-state index contributed by atoms with van der Waals surface area (Å²) in [6.07, 6.45) is 9.50. The topological polar surface area (TPSA) is 0 Å². The monoisotopic (exact) mass is 732 g/mol. The summed E-state index contributed by atoms with van der Waals surface area (Å²) in [5.41, 5.74) is 17.5. The molecule has 0 nitrogen and oxygen atoms in total. The van der Waals surface area contributed by atoms with E-state index in [1.807, 2.05) is 5.20 Å². The second-order valence-electron chi connectivity index (χ2n) is 14.1. The third-order valence-electron chi connectivity index (χ3n) is 10.6. The van der Waals surface area contributed by atoms with Gasteiger partial charge in [0, 0.05) is 0 Å². The standard InChI is InChI=1S/C38H38Si.2CH3.Hf/c1-6-7-11-33-30-13-9-14-32(35-20-25(3)16-18-27(35)5)37(30)23-38(33)39-29-21-28-10-8-12-31(36(28)22-29)34-19-24(2)15-17-26(34)4;;;/h8-10,12-23,33H,1,6-7,11,39H2,2-5H3;2*1H3;. The molecule has 3 aliphatic rings. The van der Waals surface area contributed by atoms with Crippen LogP contribution in [0.3, 0.4) is 0 Å². The summed E-state index contributed by atoms with van der Waals surface area (Å²) in [5.74, 6) is 0.610. The van der Waals surface area contributed by atoms with Crippen LogP contribution in [0.5, 0.6) is 0 Å². The second-order valence-corrected chi connectivity index (χ2v) is 34.2. The summed E-state index contributed by atoms with van der Waals surface area (Å²) >= 11 is -2.58. The molecule has 1 heterocycles. The second kappa shape index (κ2) is 10.9. The Hall–Kier alpha value is -2.55. The maximum absolute atomic E-state index is 2.77. The number of benzene rings is 4. The van der Waals surface area contributed by atoms with Crippen molar-refractivity contribution >= 4 is 21.7 Å². The summed E-state index contributed by atoms with van der Waals surface area (Å²) in [4.78, 5) is 0. The van der Waals surface area contributed by atoms with Crippen LogP contribution in [-0.2, 0) is 20.0 Å². The van der Waals surface area contributed by atoms with E-state index in [1.54, 1.807) is 21.9 Å². The first-order chi connectivity index (χ1) is 20.2. The molecule has 0 saturated carbocycles. The quantitative estimate of drug-likeness (QED) is 0.180. The van der Waals surface area contributed by atoms with Crippen molar-refractivity contribution in [3.8, 4) is 22.3 Å². The fourth-order valence-electron chi connectivity index (χ4n) is 8.42. The molecular formula is C40H44HfSi. The van der Waals surface area contributed by atoms with Crippen LogP contribution in [0.4, 0.5) is 0 Å². The molecule has 1 saturated heterocycles. The van der Waals surface area contributed by atoms with Gasteiger partial charge in [0.2, 0.25) is 0 Å². The van der Waals surface area contributed by atoms with E-state index in [4.69, 9.17) is 0 Å². The van der Waals surface area contributed by atoms with Gasteiger partial charge in [-0.05, 0) is 0 Å². The molecule has 0 bridgehead atoms.